The lowest BCUT2D eigenvalue weighted by molar-refractivity contribution is -0.385. The fourth-order valence-electron chi connectivity index (χ4n) is 5.00. The fourth-order valence-corrected chi connectivity index (χ4v) is 7.29. The first kappa shape index (κ1) is 33.6. The summed E-state index contributed by atoms with van der Waals surface area (Å²) in [6.45, 7) is 5.24. The molecule has 4 aromatic rings. The quantitative estimate of drug-likeness (QED) is 0.0820. The monoisotopic (exact) mass is 793 g/mol. The molecular weight excluding hydrogens is 768 g/mol. The van der Waals surface area contributed by atoms with Crippen LogP contribution in [0, 0.1) is 20.6 Å². The standard InChI is InChI=1S/C32H26Cl2IN3O7S/c1-5-44-31(40)27-17(3)36-32-37(28(27)19-7-6-16(2)24(13-19)38(41)42)30(39)26(46-32)12-18-10-23(35)29(25(11-18)43-4)45-15-20-8-9-21(33)14-22(20)34/h6-14,28H,5,15H2,1-4H3/b26-12+/t28-/m0/s1. The number of rotatable bonds is 9. The van der Waals surface area contributed by atoms with E-state index < -0.39 is 22.5 Å². The number of nitro benzene ring substituents is 1. The maximum absolute atomic E-state index is 14.0. The number of aromatic nitrogens is 1. The van der Waals surface area contributed by atoms with E-state index in [1.807, 2.05) is 6.07 Å². The third-order valence-corrected chi connectivity index (χ3v) is 9.57. The number of methoxy groups -OCH3 is 1. The van der Waals surface area contributed by atoms with Crippen LogP contribution < -0.4 is 24.4 Å². The van der Waals surface area contributed by atoms with Gasteiger partial charge in [0.15, 0.2) is 16.3 Å². The van der Waals surface area contributed by atoms with E-state index in [9.17, 15) is 19.7 Å². The highest BCUT2D eigenvalue weighted by molar-refractivity contribution is 14.1. The number of thiazole rings is 1. The minimum atomic E-state index is -0.984. The van der Waals surface area contributed by atoms with Crippen molar-refractivity contribution in [3.8, 4) is 11.5 Å². The van der Waals surface area contributed by atoms with Gasteiger partial charge in [-0.2, -0.15) is 0 Å². The highest BCUT2D eigenvalue weighted by Gasteiger charge is 2.34. The van der Waals surface area contributed by atoms with Gasteiger partial charge in [-0.1, -0.05) is 52.7 Å². The molecule has 0 spiro atoms. The molecule has 0 aliphatic carbocycles. The summed E-state index contributed by atoms with van der Waals surface area (Å²) in [5, 5.41) is 12.8. The number of hydrogen-bond acceptors (Lipinski definition) is 9. The summed E-state index contributed by atoms with van der Waals surface area (Å²) < 4.78 is 19.5. The minimum Gasteiger partial charge on any atom is -0.493 e. The first-order valence-electron chi connectivity index (χ1n) is 13.8. The molecular formula is C32H26Cl2IN3O7S. The van der Waals surface area contributed by atoms with Crippen LogP contribution in [-0.4, -0.2) is 29.2 Å². The number of nitrogens with zero attached hydrogens (tertiary/aromatic N) is 3. The molecule has 0 saturated carbocycles. The highest BCUT2D eigenvalue weighted by atomic mass is 127. The van der Waals surface area contributed by atoms with Gasteiger partial charge in [0.25, 0.3) is 11.2 Å². The zero-order chi connectivity index (χ0) is 33.3. The number of hydrogen-bond donors (Lipinski definition) is 0. The molecule has 2 heterocycles. The number of fused-ring (bicyclic) bond motifs is 1. The van der Waals surface area contributed by atoms with Crippen LogP contribution in [0.2, 0.25) is 10.0 Å². The Kier molecular flexibility index (Phi) is 10.2. The Morgan fingerprint density at radius 3 is 2.61 bits per heavy atom. The highest BCUT2D eigenvalue weighted by Crippen LogP contribution is 2.36. The third kappa shape index (κ3) is 6.70. The largest absolute Gasteiger partial charge is 0.493 e. The number of carbonyl (C=O) groups is 1. The van der Waals surface area contributed by atoms with Gasteiger partial charge in [-0.05, 0) is 84.8 Å². The van der Waals surface area contributed by atoms with Crippen LogP contribution in [0.3, 0.4) is 0 Å². The van der Waals surface area contributed by atoms with E-state index >= 15 is 0 Å². The number of esters is 1. The lowest BCUT2D eigenvalue weighted by Crippen LogP contribution is -2.40. The van der Waals surface area contributed by atoms with Gasteiger partial charge in [-0.3, -0.25) is 19.5 Å². The van der Waals surface area contributed by atoms with Gasteiger partial charge >= 0.3 is 5.97 Å². The van der Waals surface area contributed by atoms with E-state index in [2.05, 4.69) is 27.6 Å². The SMILES string of the molecule is CCOC(=O)C1=C(C)N=c2s/c(=C/c3cc(I)c(OCc4ccc(Cl)cc4Cl)c(OC)c3)c(=O)n2[C@H]1c1ccc(C)c([N+](=O)[O-])c1. The van der Waals surface area contributed by atoms with Crippen molar-refractivity contribution in [2.24, 2.45) is 4.99 Å². The summed E-state index contributed by atoms with van der Waals surface area (Å²) in [5.74, 6) is 0.297. The summed E-state index contributed by atoms with van der Waals surface area (Å²) in [6, 6.07) is 12.4. The molecule has 5 rings (SSSR count). The Morgan fingerprint density at radius 2 is 1.93 bits per heavy atom. The molecule has 0 N–H and O–H groups in total. The number of halogens is 3. The van der Waals surface area contributed by atoms with Crippen LogP contribution >= 0.6 is 57.1 Å². The van der Waals surface area contributed by atoms with Crippen LogP contribution in [-0.2, 0) is 16.1 Å². The van der Waals surface area contributed by atoms with Crippen LogP contribution in [0.15, 0.2) is 69.6 Å². The molecule has 14 heteroatoms. The van der Waals surface area contributed by atoms with Gasteiger partial charge in [0, 0.05) is 27.2 Å². The van der Waals surface area contributed by atoms with Crippen molar-refractivity contribution in [1.82, 2.24) is 4.57 Å². The normalized spacial score (nSPS) is 14.5. The Hall–Kier alpha value is -3.72. The summed E-state index contributed by atoms with van der Waals surface area (Å²) in [6.07, 6.45) is 1.70. The average molecular weight is 794 g/mol. The van der Waals surface area contributed by atoms with Crippen molar-refractivity contribution < 1.29 is 23.9 Å². The number of allylic oxidation sites excluding steroid dienone is 1. The number of carbonyl (C=O) groups excluding carboxylic acids is 1. The van der Waals surface area contributed by atoms with Crippen molar-refractivity contribution in [3.05, 3.63) is 125 Å². The lowest BCUT2D eigenvalue weighted by atomic mass is 9.94. The third-order valence-electron chi connectivity index (χ3n) is 7.20. The molecule has 3 aromatic carbocycles. The first-order chi connectivity index (χ1) is 21.9. The summed E-state index contributed by atoms with van der Waals surface area (Å²) in [5.41, 5.74) is 2.20. The van der Waals surface area contributed by atoms with E-state index in [0.717, 1.165) is 20.5 Å². The van der Waals surface area contributed by atoms with Crippen molar-refractivity contribution >= 4 is 74.9 Å². The number of nitro groups is 1. The second kappa shape index (κ2) is 14.0. The summed E-state index contributed by atoms with van der Waals surface area (Å²) in [7, 11) is 1.52. The number of benzene rings is 3. The zero-order valence-corrected chi connectivity index (χ0v) is 29.4. The van der Waals surface area contributed by atoms with E-state index in [4.69, 9.17) is 37.4 Å². The summed E-state index contributed by atoms with van der Waals surface area (Å²) in [4.78, 5) is 43.4. The molecule has 1 aliphatic heterocycles. The summed E-state index contributed by atoms with van der Waals surface area (Å²) >= 11 is 15.6. The molecule has 0 amide bonds. The number of ether oxygens (including phenoxy) is 3. The fraction of sp³-hybridized carbons (Fsp3) is 0.219. The predicted molar refractivity (Wildman–Crippen MR) is 185 cm³/mol. The smallest absolute Gasteiger partial charge is 0.338 e. The second-order valence-corrected chi connectivity index (χ2v) is 13.2. The van der Waals surface area contributed by atoms with Crippen LogP contribution in [0.1, 0.15) is 42.1 Å². The maximum atomic E-state index is 14.0. The van der Waals surface area contributed by atoms with Crippen molar-refractivity contribution in [3.63, 3.8) is 0 Å². The Morgan fingerprint density at radius 1 is 1.17 bits per heavy atom. The molecule has 1 aromatic heterocycles. The minimum absolute atomic E-state index is 0.105. The molecule has 1 atom stereocenters. The van der Waals surface area contributed by atoms with Gasteiger partial charge in [-0.15, -0.1) is 0 Å². The van der Waals surface area contributed by atoms with Gasteiger partial charge in [0.2, 0.25) is 0 Å². The van der Waals surface area contributed by atoms with Crippen molar-refractivity contribution in [2.45, 2.75) is 33.4 Å². The molecule has 46 heavy (non-hydrogen) atoms. The van der Waals surface area contributed by atoms with Crippen LogP contribution in [0.5, 0.6) is 11.5 Å². The molecule has 10 nitrogen and oxygen atoms in total. The van der Waals surface area contributed by atoms with Crippen molar-refractivity contribution in [1.29, 1.82) is 0 Å². The van der Waals surface area contributed by atoms with Crippen molar-refractivity contribution in [2.75, 3.05) is 13.7 Å². The van der Waals surface area contributed by atoms with Gasteiger partial charge < -0.3 is 14.2 Å². The Labute approximate surface area is 290 Å². The molecule has 238 valence electrons. The second-order valence-electron chi connectivity index (χ2n) is 10.2. The van der Waals surface area contributed by atoms with E-state index in [0.29, 0.717) is 53.3 Å². The zero-order valence-electron chi connectivity index (χ0n) is 24.9. The number of aryl methyl sites for hydroxylation is 1. The van der Waals surface area contributed by atoms with E-state index in [1.54, 1.807) is 63.2 Å². The van der Waals surface area contributed by atoms with Crippen LogP contribution in [0.4, 0.5) is 5.69 Å². The van der Waals surface area contributed by atoms with E-state index in [-0.39, 0.29) is 24.5 Å². The maximum Gasteiger partial charge on any atom is 0.338 e. The molecule has 0 fully saturated rings. The predicted octanol–water partition coefficient (Wildman–Crippen LogP) is 6.51. The Bertz CT molecular complexity index is 2110. The van der Waals surface area contributed by atoms with E-state index in [1.165, 1.54) is 17.7 Å². The van der Waals surface area contributed by atoms with Gasteiger partial charge in [0.05, 0.1) is 44.1 Å². The molecule has 0 unspecified atom stereocenters. The lowest BCUT2D eigenvalue weighted by Gasteiger charge is -2.24. The first-order valence-corrected chi connectivity index (χ1v) is 16.5. The van der Waals surface area contributed by atoms with Gasteiger partial charge in [-0.25, -0.2) is 9.79 Å². The Balaban J connectivity index is 1.60. The molecule has 0 bridgehead atoms. The van der Waals surface area contributed by atoms with Crippen LogP contribution in [0.25, 0.3) is 6.08 Å². The topological polar surface area (TPSA) is 122 Å². The average Bonchev–Trinajstić information content (AvgIpc) is 3.30. The molecule has 1 aliphatic rings. The van der Waals surface area contributed by atoms with Gasteiger partial charge in [0.1, 0.15) is 6.61 Å². The molecule has 0 saturated heterocycles. The molecule has 0 radical (unpaired) electrons.